The molecule has 2 amide bonds. The minimum Gasteiger partial charge on any atom is -0.444 e. The summed E-state index contributed by atoms with van der Waals surface area (Å²) < 4.78 is 10.1. The minimum atomic E-state index is -0.979. The molecule has 1 rings (SSSR count). The van der Waals surface area contributed by atoms with E-state index in [1.165, 1.54) is 0 Å². The largest absolute Gasteiger partial charge is 0.444 e. The van der Waals surface area contributed by atoms with E-state index in [9.17, 15) is 14.4 Å². The predicted molar refractivity (Wildman–Crippen MR) is 72.2 cm³/mol. The maximum atomic E-state index is 11.7. The maximum absolute atomic E-state index is 11.7. The summed E-state index contributed by atoms with van der Waals surface area (Å²) in [6.45, 7) is 10.1. The number of nitrogens with zero attached hydrogens (tertiary/aromatic N) is 1. The van der Waals surface area contributed by atoms with Crippen LogP contribution in [0.2, 0.25) is 0 Å². The molecule has 1 N–H and O–H groups in total. The molecule has 1 saturated heterocycles. The van der Waals surface area contributed by atoms with Gasteiger partial charge in [0, 0.05) is 0 Å². The van der Waals surface area contributed by atoms with Gasteiger partial charge in [-0.1, -0.05) is 0 Å². The zero-order valence-corrected chi connectivity index (χ0v) is 13.2. The fourth-order valence-electron chi connectivity index (χ4n) is 1.43. The van der Waals surface area contributed by atoms with E-state index in [4.69, 9.17) is 14.3 Å². The summed E-state index contributed by atoms with van der Waals surface area (Å²) in [6, 6.07) is -0.979. The van der Waals surface area contributed by atoms with Crippen molar-refractivity contribution >= 4 is 18.2 Å². The summed E-state index contributed by atoms with van der Waals surface area (Å²) in [5.41, 5.74) is -1.39. The summed E-state index contributed by atoms with van der Waals surface area (Å²) >= 11 is 0. The van der Waals surface area contributed by atoms with Crippen molar-refractivity contribution in [2.45, 2.75) is 58.8 Å². The van der Waals surface area contributed by atoms with Crippen molar-refractivity contribution in [1.29, 1.82) is 0 Å². The molecule has 1 aliphatic heterocycles. The number of carbonyl (C=O) groups excluding carboxylic acids is 3. The Kier molecular flexibility index (Phi) is 4.70. The van der Waals surface area contributed by atoms with E-state index in [2.05, 4.69) is 5.32 Å². The topological polar surface area (TPSA) is 94.2 Å². The van der Waals surface area contributed by atoms with Crippen LogP contribution in [0.25, 0.3) is 0 Å². The van der Waals surface area contributed by atoms with Crippen molar-refractivity contribution in [1.82, 2.24) is 10.4 Å². The highest BCUT2D eigenvalue weighted by atomic mass is 16.8. The quantitative estimate of drug-likeness (QED) is 0.790. The molecule has 8 heteroatoms. The van der Waals surface area contributed by atoms with Crippen LogP contribution in [0.1, 0.15) is 41.5 Å². The Labute approximate surface area is 123 Å². The van der Waals surface area contributed by atoms with Gasteiger partial charge in [-0.25, -0.2) is 14.4 Å². The van der Waals surface area contributed by atoms with Gasteiger partial charge >= 0.3 is 18.2 Å². The van der Waals surface area contributed by atoms with Gasteiger partial charge in [-0.2, -0.15) is 0 Å². The lowest BCUT2D eigenvalue weighted by atomic mass is 10.2. The van der Waals surface area contributed by atoms with Crippen LogP contribution in [-0.4, -0.2) is 47.0 Å². The van der Waals surface area contributed by atoms with E-state index < -0.39 is 35.4 Å². The normalized spacial score (nSPS) is 19.0. The van der Waals surface area contributed by atoms with E-state index in [-0.39, 0.29) is 6.54 Å². The predicted octanol–water partition coefficient (Wildman–Crippen LogP) is 1.59. The van der Waals surface area contributed by atoms with Gasteiger partial charge in [0.05, 0.1) is 6.54 Å². The van der Waals surface area contributed by atoms with Crippen molar-refractivity contribution in [2.75, 3.05) is 6.54 Å². The van der Waals surface area contributed by atoms with Crippen LogP contribution >= 0.6 is 0 Å². The van der Waals surface area contributed by atoms with Gasteiger partial charge in [-0.05, 0) is 41.5 Å². The summed E-state index contributed by atoms with van der Waals surface area (Å²) in [6.07, 6.45) is -1.54. The Balaban J connectivity index is 2.55. The van der Waals surface area contributed by atoms with Crippen molar-refractivity contribution in [2.24, 2.45) is 0 Å². The number of alkyl carbamates (subject to hydrolysis) is 1. The van der Waals surface area contributed by atoms with Crippen LogP contribution < -0.4 is 5.32 Å². The SMILES string of the molecule is CC(C)(C)OC(=O)N[C@H]1CN(C(=O)OC(C)(C)C)OC1=O. The molecule has 0 aromatic heterocycles. The third-order valence-electron chi connectivity index (χ3n) is 2.12. The first-order valence-electron chi connectivity index (χ1n) is 6.59. The first-order valence-corrected chi connectivity index (χ1v) is 6.59. The maximum Gasteiger partial charge on any atom is 0.443 e. The molecule has 0 unspecified atom stereocenters. The number of hydroxylamine groups is 2. The first-order chi connectivity index (χ1) is 9.37. The van der Waals surface area contributed by atoms with E-state index >= 15 is 0 Å². The molecule has 120 valence electrons. The summed E-state index contributed by atoms with van der Waals surface area (Å²) in [7, 11) is 0. The molecular formula is C13H22N2O6. The molecule has 0 aliphatic carbocycles. The minimum absolute atomic E-state index is 0.132. The van der Waals surface area contributed by atoms with Crippen LogP contribution in [-0.2, 0) is 19.1 Å². The molecule has 21 heavy (non-hydrogen) atoms. The molecule has 0 saturated carbocycles. The fraction of sp³-hybridized carbons (Fsp3) is 0.769. The highest BCUT2D eigenvalue weighted by Gasteiger charge is 2.40. The molecule has 0 aromatic rings. The number of rotatable bonds is 1. The highest BCUT2D eigenvalue weighted by molar-refractivity contribution is 5.85. The molecule has 0 spiro atoms. The van der Waals surface area contributed by atoms with Gasteiger partial charge in [0.25, 0.3) is 0 Å². The average Bonchev–Trinajstić information content (AvgIpc) is 2.54. The van der Waals surface area contributed by atoms with Gasteiger partial charge in [-0.3, -0.25) is 0 Å². The smallest absolute Gasteiger partial charge is 0.443 e. The Bertz CT molecular complexity index is 435. The number of ether oxygens (including phenoxy) is 2. The highest BCUT2D eigenvalue weighted by Crippen LogP contribution is 2.15. The molecule has 1 fully saturated rings. The number of hydrogen-bond donors (Lipinski definition) is 1. The molecular weight excluding hydrogens is 280 g/mol. The van der Waals surface area contributed by atoms with E-state index in [1.807, 2.05) is 0 Å². The van der Waals surface area contributed by atoms with Gasteiger partial charge in [-0.15, -0.1) is 5.06 Å². The second kappa shape index (κ2) is 5.79. The molecule has 0 bridgehead atoms. The van der Waals surface area contributed by atoms with Gasteiger partial charge < -0.3 is 19.6 Å². The lowest BCUT2D eigenvalue weighted by molar-refractivity contribution is -0.166. The molecule has 1 aliphatic rings. The Morgan fingerprint density at radius 2 is 1.67 bits per heavy atom. The average molecular weight is 302 g/mol. The van der Waals surface area contributed by atoms with Crippen molar-refractivity contribution in [3.05, 3.63) is 0 Å². The van der Waals surface area contributed by atoms with Gasteiger partial charge in [0.15, 0.2) is 6.04 Å². The van der Waals surface area contributed by atoms with E-state index in [1.54, 1.807) is 41.5 Å². The van der Waals surface area contributed by atoms with Crippen LogP contribution in [0.15, 0.2) is 0 Å². The number of carbonyl (C=O) groups is 3. The number of amides is 2. The lowest BCUT2D eigenvalue weighted by Gasteiger charge is -2.22. The zero-order valence-electron chi connectivity index (χ0n) is 13.2. The van der Waals surface area contributed by atoms with Crippen molar-refractivity contribution in [3.63, 3.8) is 0 Å². The van der Waals surface area contributed by atoms with Crippen LogP contribution in [0, 0.1) is 0 Å². The lowest BCUT2D eigenvalue weighted by Crippen LogP contribution is -2.44. The summed E-state index contributed by atoms with van der Waals surface area (Å²) in [5.74, 6) is -0.744. The van der Waals surface area contributed by atoms with Crippen LogP contribution in [0.5, 0.6) is 0 Å². The van der Waals surface area contributed by atoms with Gasteiger partial charge in [0.2, 0.25) is 0 Å². The van der Waals surface area contributed by atoms with Crippen molar-refractivity contribution in [3.8, 4) is 0 Å². The Hall–Kier alpha value is -1.99. The monoisotopic (exact) mass is 302 g/mol. The molecule has 1 atom stereocenters. The number of hydrogen-bond acceptors (Lipinski definition) is 6. The van der Waals surface area contributed by atoms with Gasteiger partial charge in [0.1, 0.15) is 11.2 Å². The zero-order chi connectivity index (χ0) is 16.4. The Morgan fingerprint density at radius 3 is 2.14 bits per heavy atom. The van der Waals surface area contributed by atoms with E-state index in [0.717, 1.165) is 5.06 Å². The third-order valence-corrected chi connectivity index (χ3v) is 2.12. The molecule has 8 nitrogen and oxygen atoms in total. The third kappa shape index (κ3) is 5.88. The second-order valence-electron chi connectivity index (χ2n) is 6.65. The first kappa shape index (κ1) is 17.1. The summed E-state index contributed by atoms with van der Waals surface area (Å²) in [5, 5.41) is 3.12. The molecule has 1 heterocycles. The second-order valence-corrected chi connectivity index (χ2v) is 6.65. The molecule has 0 aromatic carbocycles. The van der Waals surface area contributed by atoms with Crippen molar-refractivity contribution < 1.29 is 28.7 Å². The van der Waals surface area contributed by atoms with E-state index in [0.29, 0.717) is 0 Å². The Morgan fingerprint density at radius 1 is 1.14 bits per heavy atom. The fourth-order valence-corrected chi connectivity index (χ4v) is 1.43. The van der Waals surface area contributed by atoms with Crippen LogP contribution in [0.4, 0.5) is 9.59 Å². The summed E-state index contributed by atoms with van der Waals surface area (Å²) in [4.78, 5) is 39.7. The van der Waals surface area contributed by atoms with Crippen LogP contribution in [0.3, 0.4) is 0 Å². The number of nitrogens with one attached hydrogen (secondary N) is 1. The standard InChI is InChI=1S/C13H22N2O6/c1-12(2,3)19-10(17)14-8-7-15(21-9(8)16)11(18)20-13(4,5)6/h8H,7H2,1-6H3,(H,14,17)/t8-/m0/s1. The molecule has 0 radical (unpaired) electrons.